The Morgan fingerprint density at radius 3 is 2.75 bits per heavy atom. The Morgan fingerprint density at radius 2 is 2.04 bits per heavy atom. The van der Waals surface area contributed by atoms with Crippen LogP contribution in [-0.2, 0) is 13.6 Å². The molecule has 0 spiro atoms. The van der Waals surface area contributed by atoms with Gasteiger partial charge in [-0.2, -0.15) is 5.10 Å². The van der Waals surface area contributed by atoms with Gasteiger partial charge in [-0.25, -0.2) is 0 Å². The number of nitrogens with one attached hydrogen (secondary N) is 2. The van der Waals surface area contributed by atoms with Gasteiger partial charge in [0.05, 0.1) is 25.5 Å². The van der Waals surface area contributed by atoms with Gasteiger partial charge in [0, 0.05) is 38.5 Å². The molecule has 130 valence electrons. The van der Waals surface area contributed by atoms with E-state index < -0.39 is 0 Å². The number of aromatic nitrogens is 2. The molecule has 0 fully saturated rings. The van der Waals surface area contributed by atoms with Crippen LogP contribution >= 0.6 is 24.0 Å². The van der Waals surface area contributed by atoms with E-state index in [0.29, 0.717) is 25.7 Å². The van der Waals surface area contributed by atoms with E-state index in [0.717, 1.165) is 29.3 Å². The lowest BCUT2D eigenvalue weighted by atomic mass is 10.2. The summed E-state index contributed by atoms with van der Waals surface area (Å²) in [5.41, 5.74) is 1.97. The fraction of sp³-hybridized carbons (Fsp3) is 0.375. The van der Waals surface area contributed by atoms with Crippen LogP contribution in [0.4, 0.5) is 5.69 Å². The summed E-state index contributed by atoms with van der Waals surface area (Å²) in [6.45, 7) is 2.00. The highest BCUT2D eigenvalue weighted by molar-refractivity contribution is 14.0. The lowest BCUT2D eigenvalue weighted by Crippen LogP contribution is -2.30. The molecule has 0 amide bonds. The van der Waals surface area contributed by atoms with E-state index >= 15 is 0 Å². The Balaban J connectivity index is 0.00000208. The first-order valence-corrected chi connectivity index (χ1v) is 7.60. The van der Waals surface area contributed by atoms with E-state index in [1.807, 2.05) is 36.0 Å². The summed E-state index contributed by atoms with van der Waals surface area (Å²) in [5, 5.41) is 10.7. The summed E-state index contributed by atoms with van der Waals surface area (Å²) in [6, 6.07) is 7.76. The van der Waals surface area contributed by atoms with Gasteiger partial charge in [-0.3, -0.25) is 9.67 Å². The molecule has 24 heavy (non-hydrogen) atoms. The van der Waals surface area contributed by atoms with Crippen LogP contribution in [0.25, 0.3) is 0 Å². The van der Waals surface area contributed by atoms with Crippen LogP contribution in [0.15, 0.2) is 35.5 Å². The summed E-state index contributed by atoms with van der Waals surface area (Å²) >= 11 is 0. The van der Waals surface area contributed by atoms with Crippen LogP contribution in [0.5, 0.6) is 11.5 Å². The second-order valence-corrected chi connectivity index (χ2v) is 5.21. The lowest BCUT2D eigenvalue weighted by molar-refractivity contribution is 0.297. The van der Waals surface area contributed by atoms with Gasteiger partial charge in [0.25, 0.3) is 0 Å². The molecular weight excluding hydrogens is 421 g/mol. The van der Waals surface area contributed by atoms with Gasteiger partial charge in [0.1, 0.15) is 0 Å². The van der Waals surface area contributed by atoms with Crippen molar-refractivity contribution in [2.24, 2.45) is 12.0 Å². The highest BCUT2D eigenvalue weighted by Crippen LogP contribution is 2.32. The minimum Gasteiger partial charge on any atom is -0.490 e. The highest BCUT2D eigenvalue weighted by Gasteiger charge is 2.11. The van der Waals surface area contributed by atoms with E-state index in [1.54, 1.807) is 13.2 Å². The summed E-state index contributed by atoms with van der Waals surface area (Å²) in [4.78, 5) is 4.24. The summed E-state index contributed by atoms with van der Waals surface area (Å²) < 4.78 is 13.2. The van der Waals surface area contributed by atoms with Crippen molar-refractivity contribution < 1.29 is 9.47 Å². The molecule has 2 N–H and O–H groups in total. The van der Waals surface area contributed by atoms with Crippen molar-refractivity contribution in [3.63, 3.8) is 0 Å². The first kappa shape index (κ1) is 18.4. The van der Waals surface area contributed by atoms with Gasteiger partial charge < -0.3 is 20.1 Å². The number of rotatable bonds is 3. The molecule has 7 nitrogen and oxygen atoms in total. The number of hydrogen-bond acceptors (Lipinski definition) is 4. The summed E-state index contributed by atoms with van der Waals surface area (Å²) in [6.07, 6.45) is 2.67. The number of ether oxygens (including phenoxy) is 2. The van der Waals surface area contributed by atoms with E-state index in [2.05, 4.69) is 20.7 Å². The summed E-state index contributed by atoms with van der Waals surface area (Å²) in [5.74, 6) is 2.22. The molecule has 1 aliphatic heterocycles. The average molecular weight is 443 g/mol. The molecule has 0 aliphatic carbocycles. The molecule has 2 heterocycles. The van der Waals surface area contributed by atoms with Gasteiger partial charge in [-0.1, -0.05) is 0 Å². The predicted molar refractivity (Wildman–Crippen MR) is 104 cm³/mol. The van der Waals surface area contributed by atoms with Gasteiger partial charge in [-0.15, -0.1) is 24.0 Å². The predicted octanol–water partition coefficient (Wildman–Crippen LogP) is 2.39. The van der Waals surface area contributed by atoms with Crippen LogP contribution in [0.3, 0.4) is 0 Å². The second kappa shape index (κ2) is 8.76. The maximum atomic E-state index is 5.70. The number of fused-ring (bicyclic) bond motifs is 1. The molecule has 1 aromatic carbocycles. The largest absolute Gasteiger partial charge is 0.490 e. The zero-order chi connectivity index (χ0) is 16.1. The fourth-order valence-corrected chi connectivity index (χ4v) is 2.31. The third kappa shape index (κ3) is 4.53. The monoisotopic (exact) mass is 443 g/mol. The van der Waals surface area contributed by atoms with Gasteiger partial charge in [0.15, 0.2) is 17.5 Å². The molecule has 2 aromatic rings. The number of aliphatic imine (C=N–C) groups is 1. The van der Waals surface area contributed by atoms with Crippen molar-refractivity contribution >= 4 is 35.6 Å². The number of aryl methyl sites for hydroxylation is 1. The maximum absolute atomic E-state index is 5.70. The summed E-state index contributed by atoms with van der Waals surface area (Å²) in [7, 11) is 3.65. The van der Waals surface area contributed by atoms with Crippen LogP contribution in [-0.4, -0.2) is 36.0 Å². The molecule has 0 atom stereocenters. The Labute approximate surface area is 158 Å². The Bertz CT molecular complexity index is 702. The van der Waals surface area contributed by atoms with Crippen LogP contribution in [0.1, 0.15) is 12.1 Å². The van der Waals surface area contributed by atoms with Gasteiger partial charge in [0.2, 0.25) is 0 Å². The lowest BCUT2D eigenvalue weighted by Gasteiger charge is -2.14. The van der Waals surface area contributed by atoms with E-state index in [4.69, 9.17) is 9.47 Å². The maximum Gasteiger partial charge on any atom is 0.195 e. The average Bonchev–Trinajstić information content (AvgIpc) is 2.83. The molecule has 0 unspecified atom stereocenters. The minimum absolute atomic E-state index is 0. The fourth-order valence-electron chi connectivity index (χ4n) is 2.31. The Kier molecular flexibility index (Phi) is 6.71. The van der Waals surface area contributed by atoms with Crippen molar-refractivity contribution in [1.82, 2.24) is 15.1 Å². The number of anilines is 1. The first-order valence-electron chi connectivity index (χ1n) is 7.60. The van der Waals surface area contributed by atoms with Gasteiger partial charge >= 0.3 is 0 Å². The highest BCUT2D eigenvalue weighted by atomic mass is 127. The molecule has 1 aliphatic rings. The molecule has 3 rings (SSSR count). The van der Waals surface area contributed by atoms with Crippen LogP contribution < -0.4 is 20.1 Å². The number of benzene rings is 1. The SMILES string of the molecule is CN=C(NCc1ccnn1C)Nc1ccc2c(c1)OCCCO2.I. The zero-order valence-electron chi connectivity index (χ0n) is 13.8. The van der Waals surface area contributed by atoms with Crippen molar-refractivity contribution in [2.45, 2.75) is 13.0 Å². The van der Waals surface area contributed by atoms with Gasteiger partial charge in [-0.05, 0) is 18.2 Å². The molecule has 8 heteroatoms. The minimum atomic E-state index is 0. The molecule has 0 radical (unpaired) electrons. The second-order valence-electron chi connectivity index (χ2n) is 5.21. The van der Waals surface area contributed by atoms with E-state index in [1.165, 1.54) is 0 Å². The number of hydrogen-bond donors (Lipinski definition) is 2. The van der Waals surface area contributed by atoms with Crippen LogP contribution in [0.2, 0.25) is 0 Å². The molecule has 0 bridgehead atoms. The molecule has 0 saturated heterocycles. The topological polar surface area (TPSA) is 72.7 Å². The third-order valence-corrected chi connectivity index (χ3v) is 3.59. The smallest absolute Gasteiger partial charge is 0.195 e. The van der Waals surface area contributed by atoms with E-state index in [-0.39, 0.29) is 24.0 Å². The number of halogens is 1. The molecular formula is C16H22IN5O2. The van der Waals surface area contributed by atoms with E-state index in [9.17, 15) is 0 Å². The van der Waals surface area contributed by atoms with Crippen molar-refractivity contribution in [1.29, 1.82) is 0 Å². The number of guanidine groups is 1. The standard InChI is InChI=1S/C16H21N5O2.HI/c1-17-16(18-11-13-6-7-19-21(13)2)20-12-4-5-14-15(10-12)23-9-3-8-22-14;/h4-7,10H,3,8-9,11H2,1-2H3,(H2,17,18,20);1H. The molecule has 1 aromatic heterocycles. The van der Waals surface area contributed by atoms with Crippen molar-refractivity contribution in [2.75, 3.05) is 25.6 Å². The van der Waals surface area contributed by atoms with Crippen LogP contribution in [0, 0.1) is 0 Å². The Hall–Kier alpha value is -1.97. The quantitative estimate of drug-likeness (QED) is 0.433. The van der Waals surface area contributed by atoms with Crippen molar-refractivity contribution in [3.05, 3.63) is 36.2 Å². The number of nitrogens with zero attached hydrogens (tertiary/aromatic N) is 3. The normalized spacial score (nSPS) is 13.7. The zero-order valence-corrected chi connectivity index (χ0v) is 16.1. The first-order chi connectivity index (χ1) is 11.3. The third-order valence-electron chi connectivity index (χ3n) is 3.59. The molecule has 0 saturated carbocycles. The Morgan fingerprint density at radius 1 is 1.25 bits per heavy atom. The van der Waals surface area contributed by atoms with Crippen molar-refractivity contribution in [3.8, 4) is 11.5 Å².